The van der Waals surface area contributed by atoms with E-state index < -0.39 is 0 Å². The van der Waals surface area contributed by atoms with Crippen molar-refractivity contribution in [3.8, 4) is 22.9 Å². The van der Waals surface area contributed by atoms with E-state index in [1.807, 2.05) is 42.6 Å². The smallest absolute Gasteiger partial charge is 0.0991 e. The molecule has 0 unspecified atom stereocenters. The first-order valence-corrected chi connectivity index (χ1v) is 6.45. The summed E-state index contributed by atoms with van der Waals surface area (Å²) in [5, 5.41) is 13.8. The Labute approximate surface area is 121 Å². The summed E-state index contributed by atoms with van der Waals surface area (Å²) < 4.78 is 1.78. The van der Waals surface area contributed by atoms with Crippen LogP contribution in [0.2, 0.25) is 5.02 Å². The third-order valence-electron chi connectivity index (χ3n) is 3.00. The van der Waals surface area contributed by atoms with Gasteiger partial charge < -0.3 is 0 Å². The normalized spacial score (nSPS) is 10.2. The van der Waals surface area contributed by atoms with Crippen molar-refractivity contribution in [1.29, 1.82) is 5.26 Å². The van der Waals surface area contributed by atoms with Gasteiger partial charge in [-0.1, -0.05) is 23.7 Å². The predicted molar refractivity (Wildman–Crippen MR) is 78.7 cm³/mol. The fraction of sp³-hybridized carbons (Fsp3) is 0. The maximum absolute atomic E-state index is 8.79. The van der Waals surface area contributed by atoms with E-state index in [9.17, 15) is 0 Å². The molecule has 0 amide bonds. The minimum atomic E-state index is 0.635. The van der Waals surface area contributed by atoms with Crippen LogP contribution in [0.5, 0.6) is 0 Å². The Morgan fingerprint density at radius 1 is 1.05 bits per heavy atom. The van der Waals surface area contributed by atoms with Crippen LogP contribution < -0.4 is 0 Å². The molecule has 0 bridgehead atoms. The molecule has 2 aromatic carbocycles. The van der Waals surface area contributed by atoms with Crippen LogP contribution in [-0.2, 0) is 0 Å². The third kappa shape index (κ3) is 2.42. The first-order valence-electron chi connectivity index (χ1n) is 6.07. The Bertz CT molecular complexity index is 782. The zero-order valence-corrected chi connectivity index (χ0v) is 11.2. The topological polar surface area (TPSA) is 41.6 Å². The highest BCUT2D eigenvalue weighted by Crippen LogP contribution is 2.23. The van der Waals surface area contributed by atoms with Crippen LogP contribution in [0.3, 0.4) is 0 Å². The zero-order chi connectivity index (χ0) is 13.9. The van der Waals surface area contributed by atoms with Crippen LogP contribution in [0, 0.1) is 11.3 Å². The number of rotatable bonds is 2. The van der Waals surface area contributed by atoms with Gasteiger partial charge in [-0.15, -0.1) is 0 Å². The lowest BCUT2D eigenvalue weighted by Crippen LogP contribution is -1.93. The minimum Gasteiger partial charge on any atom is -0.240 e. The molecule has 0 aliphatic rings. The van der Waals surface area contributed by atoms with Gasteiger partial charge >= 0.3 is 0 Å². The van der Waals surface area contributed by atoms with Gasteiger partial charge in [-0.25, -0.2) is 4.68 Å². The van der Waals surface area contributed by atoms with Crippen LogP contribution in [0.1, 0.15) is 5.56 Å². The second kappa shape index (κ2) is 5.20. The van der Waals surface area contributed by atoms with E-state index >= 15 is 0 Å². The molecule has 4 heteroatoms. The molecule has 0 spiro atoms. The molecule has 96 valence electrons. The van der Waals surface area contributed by atoms with Crippen molar-refractivity contribution in [2.24, 2.45) is 0 Å². The quantitative estimate of drug-likeness (QED) is 0.710. The molecular formula is C16H10ClN3. The SMILES string of the molecule is N#Cc1ccc(-n2cc(-c3cccc(Cl)c3)cn2)cc1. The lowest BCUT2D eigenvalue weighted by atomic mass is 10.1. The van der Waals surface area contributed by atoms with Crippen molar-refractivity contribution in [3.63, 3.8) is 0 Å². The summed E-state index contributed by atoms with van der Waals surface area (Å²) in [6, 6.07) is 17.0. The van der Waals surface area contributed by atoms with Gasteiger partial charge in [-0.2, -0.15) is 10.4 Å². The van der Waals surface area contributed by atoms with Crippen LogP contribution in [0.4, 0.5) is 0 Å². The molecule has 0 radical (unpaired) electrons. The number of hydrogen-bond donors (Lipinski definition) is 0. The van der Waals surface area contributed by atoms with Gasteiger partial charge in [0.1, 0.15) is 0 Å². The fourth-order valence-electron chi connectivity index (χ4n) is 1.97. The summed E-state index contributed by atoms with van der Waals surface area (Å²) in [5.41, 5.74) is 3.57. The van der Waals surface area contributed by atoms with E-state index in [2.05, 4.69) is 11.2 Å². The number of nitriles is 1. The number of nitrogens with zero attached hydrogens (tertiary/aromatic N) is 3. The summed E-state index contributed by atoms with van der Waals surface area (Å²) in [6.07, 6.45) is 3.73. The summed E-state index contributed by atoms with van der Waals surface area (Å²) in [5.74, 6) is 0. The van der Waals surface area contributed by atoms with Gasteiger partial charge in [0.2, 0.25) is 0 Å². The Hall–Kier alpha value is -2.57. The lowest BCUT2D eigenvalue weighted by Gasteiger charge is -2.00. The van der Waals surface area contributed by atoms with Crippen molar-refractivity contribution >= 4 is 11.6 Å². The predicted octanol–water partition coefficient (Wildman–Crippen LogP) is 4.06. The highest BCUT2D eigenvalue weighted by Gasteiger charge is 2.04. The fourth-order valence-corrected chi connectivity index (χ4v) is 2.16. The Balaban J connectivity index is 1.95. The van der Waals surface area contributed by atoms with Crippen molar-refractivity contribution in [3.05, 3.63) is 71.5 Å². The van der Waals surface area contributed by atoms with Crippen molar-refractivity contribution < 1.29 is 0 Å². The Morgan fingerprint density at radius 2 is 1.85 bits per heavy atom. The number of halogens is 1. The number of aromatic nitrogens is 2. The number of hydrogen-bond acceptors (Lipinski definition) is 2. The summed E-state index contributed by atoms with van der Waals surface area (Å²) >= 11 is 5.99. The standard InChI is InChI=1S/C16H10ClN3/c17-15-3-1-2-13(8-15)14-10-19-20(11-14)16-6-4-12(9-18)5-7-16/h1-8,10-11H. The molecule has 0 saturated heterocycles. The second-order valence-corrected chi connectivity index (χ2v) is 4.78. The molecule has 0 fully saturated rings. The molecule has 0 aliphatic carbocycles. The monoisotopic (exact) mass is 279 g/mol. The second-order valence-electron chi connectivity index (χ2n) is 4.34. The molecule has 0 saturated carbocycles. The molecule has 3 nitrogen and oxygen atoms in total. The molecular weight excluding hydrogens is 270 g/mol. The molecule has 3 aromatic rings. The van der Waals surface area contributed by atoms with Crippen molar-refractivity contribution in [2.75, 3.05) is 0 Å². The van der Waals surface area contributed by atoms with Crippen LogP contribution >= 0.6 is 11.6 Å². The van der Waals surface area contributed by atoms with Crippen molar-refractivity contribution in [2.45, 2.75) is 0 Å². The van der Waals surface area contributed by atoms with E-state index in [1.165, 1.54) is 0 Å². The van der Waals surface area contributed by atoms with Gasteiger partial charge in [0.05, 0.1) is 23.5 Å². The third-order valence-corrected chi connectivity index (χ3v) is 3.24. The van der Waals surface area contributed by atoms with Gasteiger partial charge in [0.15, 0.2) is 0 Å². The van der Waals surface area contributed by atoms with E-state index in [4.69, 9.17) is 16.9 Å². The molecule has 20 heavy (non-hydrogen) atoms. The molecule has 0 atom stereocenters. The van der Waals surface area contributed by atoms with E-state index in [0.717, 1.165) is 16.8 Å². The molecule has 1 aromatic heterocycles. The summed E-state index contributed by atoms with van der Waals surface area (Å²) in [4.78, 5) is 0. The molecule has 0 aliphatic heterocycles. The molecule has 1 heterocycles. The Morgan fingerprint density at radius 3 is 2.55 bits per heavy atom. The van der Waals surface area contributed by atoms with Crippen molar-refractivity contribution in [1.82, 2.24) is 9.78 Å². The minimum absolute atomic E-state index is 0.635. The average Bonchev–Trinajstić information content (AvgIpc) is 2.97. The van der Waals surface area contributed by atoms with Crippen LogP contribution in [0.25, 0.3) is 16.8 Å². The maximum Gasteiger partial charge on any atom is 0.0991 e. The van der Waals surface area contributed by atoms with Gasteiger partial charge in [0.25, 0.3) is 0 Å². The first-order chi connectivity index (χ1) is 9.76. The van der Waals surface area contributed by atoms with Crippen LogP contribution in [-0.4, -0.2) is 9.78 Å². The lowest BCUT2D eigenvalue weighted by molar-refractivity contribution is 0.880. The van der Waals surface area contributed by atoms with Gasteiger partial charge in [0, 0.05) is 16.8 Å². The molecule has 3 rings (SSSR count). The summed E-state index contributed by atoms with van der Waals surface area (Å²) in [7, 11) is 0. The zero-order valence-electron chi connectivity index (χ0n) is 10.5. The highest BCUT2D eigenvalue weighted by molar-refractivity contribution is 6.30. The highest BCUT2D eigenvalue weighted by atomic mass is 35.5. The van der Waals surface area contributed by atoms with E-state index in [-0.39, 0.29) is 0 Å². The van der Waals surface area contributed by atoms with Gasteiger partial charge in [-0.3, -0.25) is 0 Å². The van der Waals surface area contributed by atoms with Crippen LogP contribution in [0.15, 0.2) is 60.9 Å². The largest absolute Gasteiger partial charge is 0.240 e. The van der Waals surface area contributed by atoms with E-state index in [0.29, 0.717) is 10.6 Å². The first kappa shape index (κ1) is 12.5. The number of benzene rings is 2. The average molecular weight is 280 g/mol. The maximum atomic E-state index is 8.79. The molecule has 0 N–H and O–H groups in total. The van der Waals surface area contributed by atoms with Gasteiger partial charge in [-0.05, 0) is 42.0 Å². The summed E-state index contributed by atoms with van der Waals surface area (Å²) in [6.45, 7) is 0. The van der Waals surface area contributed by atoms with E-state index in [1.54, 1.807) is 23.0 Å². The Kier molecular flexibility index (Phi) is 3.24.